The highest BCUT2D eigenvalue weighted by Gasteiger charge is 2.45. The van der Waals surface area contributed by atoms with Crippen molar-refractivity contribution in [2.24, 2.45) is 0 Å². The molecular formula is C23H24O12. The highest BCUT2D eigenvalue weighted by atomic mass is 16.7. The Morgan fingerprint density at radius 2 is 1.66 bits per heavy atom. The zero-order chi connectivity index (χ0) is 25.4. The van der Waals surface area contributed by atoms with Gasteiger partial charge in [0.05, 0.1) is 20.8 Å². The normalized spacial score (nSPS) is 24.3. The Morgan fingerprint density at radius 3 is 2.31 bits per heavy atom. The van der Waals surface area contributed by atoms with Crippen LogP contribution >= 0.6 is 0 Å². The van der Waals surface area contributed by atoms with Crippen LogP contribution in [0.3, 0.4) is 0 Å². The lowest BCUT2D eigenvalue weighted by Crippen LogP contribution is -2.60. The largest absolute Gasteiger partial charge is 0.507 e. The fraction of sp³-hybridized carbons (Fsp3) is 0.348. The lowest BCUT2D eigenvalue weighted by atomic mass is 9.99. The zero-order valence-electron chi connectivity index (χ0n) is 18.6. The number of hydrogen-bond donors (Lipinski definition) is 6. The average Bonchev–Trinajstić information content (AvgIpc) is 2.84. The number of fused-ring (bicyclic) bond motifs is 1. The minimum Gasteiger partial charge on any atom is -0.507 e. The molecule has 1 saturated heterocycles. The van der Waals surface area contributed by atoms with E-state index in [1.54, 1.807) is 0 Å². The number of aliphatic hydroxyl groups excluding tert-OH is 4. The van der Waals surface area contributed by atoms with E-state index in [9.17, 15) is 35.4 Å². The van der Waals surface area contributed by atoms with E-state index < -0.39 is 48.5 Å². The molecule has 188 valence electrons. The number of aliphatic hydroxyl groups is 4. The number of hydrogen-bond acceptors (Lipinski definition) is 12. The van der Waals surface area contributed by atoms with Gasteiger partial charge in [0.1, 0.15) is 41.3 Å². The van der Waals surface area contributed by atoms with E-state index in [0.29, 0.717) is 5.56 Å². The molecule has 1 aromatic heterocycles. The molecule has 0 amide bonds. The van der Waals surface area contributed by atoms with Crippen molar-refractivity contribution in [1.82, 2.24) is 0 Å². The Balaban J connectivity index is 1.82. The van der Waals surface area contributed by atoms with Gasteiger partial charge in [-0.2, -0.15) is 0 Å². The van der Waals surface area contributed by atoms with Crippen LogP contribution in [0.5, 0.6) is 28.7 Å². The summed E-state index contributed by atoms with van der Waals surface area (Å²) >= 11 is 0. The molecule has 0 spiro atoms. The van der Waals surface area contributed by atoms with Crippen molar-refractivity contribution in [2.75, 3.05) is 20.8 Å². The highest BCUT2D eigenvalue weighted by molar-refractivity contribution is 5.91. The molecule has 1 aliphatic rings. The number of phenols is 2. The highest BCUT2D eigenvalue weighted by Crippen LogP contribution is 2.42. The number of phenolic OH excluding ortho intramolecular Hbond substituents is 2. The van der Waals surface area contributed by atoms with Crippen LogP contribution in [-0.2, 0) is 4.74 Å². The first-order chi connectivity index (χ1) is 16.7. The molecule has 1 aliphatic heterocycles. The van der Waals surface area contributed by atoms with Crippen molar-refractivity contribution in [3.8, 4) is 40.1 Å². The van der Waals surface area contributed by atoms with Gasteiger partial charge < -0.3 is 54.0 Å². The molecule has 2 aromatic carbocycles. The van der Waals surface area contributed by atoms with Crippen LogP contribution in [0.25, 0.3) is 22.3 Å². The molecule has 5 unspecified atom stereocenters. The van der Waals surface area contributed by atoms with Gasteiger partial charge in [0.15, 0.2) is 28.3 Å². The lowest BCUT2D eigenvalue weighted by molar-refractivity contribution is -0.277. The molecule has 2 heterocycles. The molecule has 12 heteroatoms. The maximum atomic E-state index is 12.8. The van der Waals surface area contributed by atoms with Crippen molar-refractivity contribution in [2.45, 2.75) is 30.7 Å². The third-order valence-electron chi connectivity index (χ3n) is 5.66. The third kappa shape index (κ3) is 4.33. The molecule has 0 bridgehead atoms. The van der Waals surface area contributed by atoms with Gasteiger partial charge in [-0.1, -0.05) is 0 Å². The molecule has 0 radical (unpaired) electrons. The van der Waals surface area contributed by atoms with Crippen molar-refractivity contribution < 1.29 is 54.0 Å². The minimum absolute atomic E-state index is 0.0588. The lowest BCUT2D eigenvalue weighted by Gasteiger charge is -2.39. The van der Waals surface area contributed by atoms with Gasteiger partial charge in [0.25, 0.3) is 0 Å². The number of methoxy groups -OCH3 is 2. The molecule has 0 saturated carbocycles. The van der Waals surface area contributed by atoms with Crippen LogP contribution in [0.15, 0.2) is 39.5 Å². The summed E-state index contributed by atoms with van der Waals surface area (Å²) in [6.45, 7) is -0.667. The van der Waals surface area contributed by atoms with Gasteiger partial charge in [-0.05, 0) is 18.2 Å². The van der Waals surface area contributed by atoms with Gasteiger partial charge >= 0.3 is 0 Å². The number of benzene rings is 2. The van der Waals surface area contributed by atoms with Gasteiger partial charge in [0, 0.05) is 17.7 Å². The second-order valence-electron chi connectivity index (χ2n) is 7.81. The molecule has 0 aliphatic carbocycles. The molecule has 35 heavy (non-hydrogen) atoms. The van der Waals surface area contributed by atoms with Crippen LogP contribution in [0, 0.1) is 0 Å². The van der Waals surface area contributed by atoms with Crippen LogP contribution in [0.2, 0.25) is 0 Å². The van der Waals surface area contributed by atoms with Crippen molar-refractivity contribution >= 4 is 11.0 Å². The second kappa shape index (κ2) is 9.60. The Bertz CT molecular complexity index is 1280. The summed E-state index contributed by atoms with van der Waals surface area (Å²) in [7, 11) is 2.61. The van der Waals surface area contributed by atoms with E-state index in [-0.39, 0.29) is 39.7 Å². The zero-order valence-corrected chi connectivity index (χ0v) is 18.6. The average molecular weight is 492 g/mol. The fourth-order valence-corrected chi connectivity index (χ4v) is 3.81. The molecule has 12 nitrogen and oxygen atoms in total. The van der Waals surface area contributed by atoms with E-state index >= 15 is 0 Å². The van der Waals surface area contributed by atoms with E-state index in [1.165, 1.54) is 32.4 Å². The number of aromatic hydroxyl groups is 2. The fourth-order valence-electron chi connectivity index (χ4n) is 3.81. The maximum absolute atomic E-state index is 12.8. The number of rotatable bonds is 6. The maximum Gasteiger partial charge on any atom is 0.229 e. The summed E-state index contributed by atoms with van der Waals surface area (Å²) < 4.78 is 27.3. The first-order valence-corrected chi connectivity index (χ1v) is 10.4. The summed E-state index contributed by atoms with van der Waals surface area (Å²) in [5.74, 6) is -0.804. The first kappa shape index (κ1) is 24.6. The van der Waals surface area contributed by atoms with E-state index in [4.69, 9.17) is 23.4 Å². The van der Waals surface area contributed by atoms with Crippen molar-refractivity contribution in [1.29, 1.82) is 0 Å². The molecule has 3 aromatic rings. The summed E-state index contributed by atoms with van der Waals surface area (Å²) in [5.41, 5.74) is -0.425. The predicted octanol–water partition coefficient (Wildman–Crippen LogP) is 0.0671. The van der Waals surface area contributed by atoms with Gasteiger partial charge in [0.2, 0.25) is 12.0 Å². The minimum atomic E-state index is -1.72. The van der Waals surface area contributed by atoms with E-state index in [1.807, 2.05) is 0 Å². The van der Waals surface area contributed by atoms with E-state index in [2.05, 4.69) is 0 Å². The van der Waals surface area contributed by atoms with Crippen LogP contribution < -0.4 is 19.6 Å². The molecular weight excluding hydrogens is 468 g/mol. The van der Waals surface area contributed by atoms with Crippen molar-refractivity contribution in [3.63, 3.8) is 0 Å². The quantitative estimate of drug-likeness (QED) is 0.272. The Labute approximate surface area is 197 Å². The van der Waals surface area contributed by atoms with Crippen LogP contribution in [-0.4, -0.2) is 82.2 Å². The SMILES string of the molecule is COc1cc(-c2cc(=O)c3c(O)cc(OC4OC(CO)C(O)C(O)C4O)c(OC)c3o2)ccc1O. The first-order valence-electron chi connectivity index (χ1n) is 10.4. The third-order valence-corrected chi connectivity index (χ3v) is 5.66. The molecule has 5 atom stereocenters. The smallest absolute Gasteiger partial charge is 0.229 e. The van der Waals surface area contributed by atoms with Crippen LogP contribution in [0.1, 0.15) is 0 Å². The van der Waals surface area contributed by atoms with E-state index in [0.717, 1.165) is 12.1 Å². The van der Waals surface area contributed by atoms with Crippen molar-refractivity contribution in [3.05, 3.63) is 40.6 Å². The standard InChI is InChI=1S/C23H24O12/c1-31-14-5-9(3-4-10(14)25)13-6-11(26)17-12(27)7-15(21(32-2)22(17)33-13)34-23-20(30)19(29)18(28)16(8-24)35-23/h3-7,16,18-20,23-25,27-30H,8H2,1-2H3. The topological polar surface area (TPSA) is 189 Å². The summed E-state index contributed by atoms with van der Waals surface area (Å²) in [5, 5.41) is 59.8. The molecule has 6 N–H and O–H groups in total. The summed E-state index contributed by atoms with van der Waals surface area (Å²) in [6.07, 6.45) is -7.82. The van der Waals surface area contributed by atoms with Gasteiger partial charge in [-0.15, -0.1) is 0 Å². The van der Waals surface area contributed by atoms with Gasteiger partial charge in [-0.25, -0.2) is 0 Å². The Morgan fingerprint density at radius 1 is 0.914 bits per heavy atom. The van der Waals surface area contributed by atoms with Gasteiger partial charge in [-0.3, -0.25) is 4.79 Å². The molecule has 1 fully saturated rings. The van der Waals surface area contributed by atoms with Crippen LogP contribution in [0.4, 0.5) is 0 Å². The summed E-state index contributed by atoms with van der Waals surface area (Å²) in [6, 6.07) is 6.47. The monoisotopic (exact) mass is 492 g/mol. The summed E-state index contributed by atoms with van der Waals surface area (Å²) in [4.78, 5) is 12.8. The Kier molecular flexibility index (Phi) is 6.74. The second-order valence-corrected chi connectivity index (χ2v) is 7.81. The number of ether oxygens (including phenoxy) is 4. The predicted molar refractivity (Wildman–Crippen MR) is 119 cm³/mol. The Hall–Kier alpha value is -3.55. The molecule has 4 rings (SSSR count).